The Balaban J connectivity index is 2.01. The minimum Gasteiger partial charge on any atom is -0.287 e. The second kappa shape index (κ2) is 4.99. The maximum absolute atomic E-state index is 12.1. The van der Waals surface area contributed by atoms with Gasteiger partial charge < -0.3 is 0 Å². The molecule has 0 amide bonds. The Labute approximate surface area is 130 Å². The lowest BCUT2D eigenvalue weighted by Crippen LogP contribution is -2.07. The molecule has 0 aliphatic heterocycles. The lowest BCUT2D eigenvalue weighted by molar-refractivity contribution is 0.0938. The fourth-order valence-electron chi connectivity index (χ4n) is 3.45. The topological polar surface area (TPSA) is 22.0 Å². The summed E-state index contributed by atoms with van der Waals surface area (Å²) in [6.07, 6.45) is 4.03. The lowest BCUT2D eigenvalue weighted by atomic mass is 9.86. The number of rotatable bonds is 1. The zero-order valence-corrected chi connectivity index (χ0v) is 12.5. The number of carbonyl (C=O) groups is 1. The molecule has 0 unspecified atom stereocenters. The van der Waals surface area contributed by atoms with Crippen LogP contribution in [0, 0.1) is 0 Å². The monoisotopic (exact) mass is 287 g/mol. The average Bonchev–Trinajstić information content (AvgIpc) is 2.96. The smallest absolute Gasteiger partial charge is 0.227 e. The van der Waals surface area contributed by atoms with Gasteiger partial charge in [0.15, 0.2) is 0 Å². The highest BCUT2D eigenvalue weighted by Crippen LogP contribution is 2.40. The molecule has 0 radical (unpaired) electrons. The molecule has 3 aromatic rings. The first kappa shape index (κ1) is 13.1. The van der Waals surface area contributed by atoms with Gasteiger partial charge in [0.05, 0.1) is 5.69 Å². The molecule has 0 saturated heterocycles. The third-order valence-corrected chi connectivity index (χ3v) is 4.45. The highest BCUT2D eigenvalue weighted by molar-refractivity contribution is 5.90. The minimum atomic E-state index is 0.0609. The van der Waals surface area contributed by atoms with Crippen molar-refractivity contribution in [2.75, 3.05) is 0 Å². The molecule has 2 aromatic carbocycles. The number of hydrogen-bond acceptors (Lipinski definition) is 1. The first-order valence-corrected chi connectivity index (χ1v) is 7.64. The molecule has 1 aliphatic rings. The van der Waals surface area contributed by atoms with Crippen molar-refractivity contribution < 1.29 is 4.79 Å². The maximum Gasteiger partial charge on any atom is 0.227 e. The molecule has 1 heterocycles. The molecular weight excluding hydrogens is 270 g/mol. The third-order valence-electron chi connectivity index (χ3n) is 4.45. The second-order valence-corrected chi connectivity index (χ2v) is 5.78. The first-order valence-electron chi connectivity index (χ1n) is 7.64. The van der Waals surface area contributed by atoms with Crippen molar-refractivity contribution >= 4 is 5.91 Å². The van der Waals surface area contributed by atoms with E-state index in [1.807, 2.05) is 29.0 Å². The van der Waals surface area contributed by atoms with Crippen molar-refractivity contribution in [2.24, 2.45) is 0 Å². The summed E-state index contributed by atoms with van der Waals surface area (Å²) >= 11 is 0. The van der Waals surface area contributed by atoms with Gasteiger partial charge in [0, 0.05) is 18.7 Å². The molecule has 0 atom stereocenters. The van der Waals surface area contributed by atoms with Crippen LogP contribution < -0.4 is 0 Å². The Morgan fingerprint density at radius 2 is 1.64 bits per heavy atom. The van der Waals surface area contributed by atoms with E-state index in [4.69, 9.17) is 0 Å². The van der Waals surface area contributed by atoms with Gasteiger partial charge in [-0.3, -0.25) is 9.36 Å². The van der Waals surface area contributed by atoms with Crippen molar-refractivity contribution in [3.8, 4) is 22.4 Å². The molecule has 0 N–H and O–H groups in total. The van der Waals surface area contributed by atoms with Crippen LogP contribution in [-0.4, -0.2) is 10.5 Å². The Hall–Kier alpha value is -2.61. The molecule has 2 heteroatoms. The summed E-state index contributed by atoms with van der Waals surface area (Å²) in [5.74, 6) is 0.0609. The minimum absolute atomic E-state index is 0.0609. The number of aryl methyl sites for hydroxylation is 1. The average molecular weight is 287 g/mol. The summed E-state index contributed by atoms with van der Waals surface area (Å²) in [7, 11) is 0. The van der Waals surface area contributed by atoms with Crippen LogP contribution in [0.5, 0.6) is 0 Å². The van der Waals surface area contributed by atoms with Gasteiger partial charge in [-0.25, -0.2) is 0 Å². The summed E-state index contributed by atoms with van der Waals surface area (Å²) in [4.78, 5) is 12.1. The molecule has 0 bridgehead atoms. The Bertz CT molecular complexity index is 859. The SMILES string of the molecule is CC(=O)n1cc2c(c1-c1ccccc1)CCc1ccccc1-2. The van der Waals surface area contributed by atoms with Gasteiger partial charge in [-0.15, -0.1) is 0 Å². The van der Waals surface area contributed by atoms with Crippen LogP contribution in [0.4, 0.5) is 0 Å². The number of carbonyl (C=O) groups excluding carboxylic acids is 1. The lowest BCUT2D eigenvalue weighted by Gasteiger charge is -2.17. The van der Waals surface area contributed by atoms with Crippen molar-refractivity contribution in [1.29, 1.82) is 0 Å². The van der Waals surface area contributed by atoms with E-state index < -0.39 is 0 Å². The third kappa shape index (κ3) is 1.92. The van der Waals surface area contributed by atoms with Crippen LogP contribution in [-0.2, 0) is 12.8 Å². The van der Waals surface area contributed by atoms with E-state index >= 15 is 0 Å². The molecule has 108 valence electrons. The summed E-state index contributed by atoms with van der Waals surface area (Å²) in [6.45, 7) is 1.63. The fourth-order valence-corrected chi connectivity index (χ4v) is 3.45. The quantitative estimate of drug-likeness (QED) is 0.642. The van der Waals surface area contributed by atoms with Crippen LogP contribution in [0.1, 0.15) is 22.8 Å². The Kier molecular flexibility index (Phi) is 2.97. The number of hydrogen-bond donors (Lipinski definition) is 0. The van der Waals surface area contributed by atoms with Crippen LogP contribution in [0.15, 0.2) is 60.8 Å². The van der Waals surface area contributed by atoms with E-state index in [2.05, 4.69) is 36.4 Å². The maximum atomic E-state index is 12.1. The summed E-state index contributed by atoms with van der Waals surface area (Å²) in [6, 6.07) is 18.7. The standard InChI is InChI=1S/C20H17NO/c1-14(22)21-13-19-17-10-6-5-7-15(17)11-12-18(19)20(21)16-8-3-2-4-9-16/h2-10,13H,11-12H2,1H3. The van der Waals surface area contributed by atoms with Gasteiger partial charge in [0.2, 0.25) is 5.91 Å². The van der Waals surface area contributed by atoms with Crippen LogP contribution in [0.3, 0.4) is 0 Å². The molecule has 4 rings (SSSR count). The van der Waals surface area contributed by atoms with Crippen LogP contribution in [0.2, 0.25) is 0 Å². The predicted molar refractivity (Wildman–Crippen MR) is 89.0 cm³/mol. The van der Waals surface area contributed by atoms with E-state index in [9.17, 15) is 4.79 Å². The highest BCUT2D eigenvalue weighted by Gasteiger charge is 2.24. The van der Waals surface area contributed by atoms with Crippen molar-refractivity contribution in [3.05, 3.63) is 71.9 Å². The Morgan fingerprint density at radius 3 is 2.41 bits per heavy atom. The van der Waals surface area contributed by atoms with Gasteiger partial charge in [-0.1, -0.05) is 54.6 Å². The molecule has 1 aliphatic carbocycles. The van der Waals surface area contributed by atoms with E-state index in [0.29, 0.717) is 0 Å². The fraction of sp³-hybridized carbons (Fsp3) is 0.150. The Morgan fingerprint density at radius 1 is 0.909 bits per heavy atom. The highest BCUT2D eigenvalue weighted by atomic mass is 16.1. The number of fused-ring (bicyclic) bond motifs is 3. The molecular formula is C20H17NO. The number of aromatic nitrogens is 1. The van der Waals surface area contributed by atoms with Crippen molar-refractivity contribution in [3.63, 3.8) is 0 Å². The number of benzene rings is 2. The van der Waals surface area contributed by atoms with E-state index in [0.717, 1.165) is 24.1 Å². The molecule has 22 heavy (non-hydrogen) atoms. The van der Waals surface area contributed by atoms with Gasteiger partial charge in [0.1, 0.15) is 0 Å². The summed E-state index contributed by atoms with van der Waals surface area (Å²) in [5, 5.41) is 0. The molecule has 0 saturated carbocycles. The van der Waals surface area contributed by atoms with Gasteiger partial charge >= 0.3 is 0 Å². The normalized spacial score (nSPS) is 12.6. The molecule has 2 nitrogen and oxygen atoms in total. The van der Waals surface area contributed by atoms with Gasteiger partial charge in [0.25, 0.3) is 0 Å². The van der Waals surface area contributed by atoms with Crippen LogP contribution >= 0.6 is 0 Å². The summed E-state index contributed by atoms with van der Waals surface area (Å²) in [5.41, 5.74) is 7.29. The van der Waals surface area contributed by atoms with Crippen molar-refractivity contribution in [2.45, 2.75) is 19.8 Å². The van der Waals surface area contributed by atoms with E-state index in [-0.39, 0.29) is 5.91 Å². The van der Waals surface area contributed by atoms with Crippen molar-refractivity contribution in [1.82, 2.24) is 4.57 Å². The predicted octanol–water partition coefficient (Wildman–Crippen LogP) is 4.58. The molecule has 1 aromatic heterocycles. The first-order chi connectivity index (χ1) is 10.8. The van der Waals surface area contributed by atoms with Gasteiger partial charge in [-0.05, 0) is 35.1 Å². The zero-order chi connectivity index (χ0) is 15.1. The van der Waals surface area contributed by atoms with Crippen LogP contribution in [0.25, 0.3) is 22.4 Å². The summed E-state index contributed by atoms with van der Waals surface area (Å²) < 4.78 is 1.81. The van der Waals surface area contributed by atoms with E-state index in [1.165, 1.54) is 22.3 Å². The second-order valence-electron chi connectivity index (χ2n) is 5.78. The zero-order valence-electron chi connectivity index (χ0n) is 12.5. The van der Waals surface area contributed by atoms with E-state index in [1.54, 1.807) is 6.92 Å². The largest absolute Gasteiger partial charge is 0.287 e. The molecule has 0 fully saturated rings. The molecule has 0 spiro atoms. The number of nitrogens with zero attached hydrogens (tertiary/aromatic N) is 1. The van der Waals surface area contributed by atoms with Gasteiger partial charge in [-0.2, -0.15) is 0 Å².